The van der Waals surface area contributed by atoms with Crippen molar-refractivity contribution >= 4 is 18.4 Å². The van der Waals surface area contributed by atoms with E-state index in [0.717, 1.165) is 24.1 Å². The van der Waals surface area contributed by atoms with E-state index >= 15 is 0 Å². The molecule has 0 bridgehead atoms. The molecule has 0 aliphatic carbocycles. The lowest BCUT2D eigenvalue weighted by atomic mass is 9.93. The molecule has 1 aromatic heterocycles. The molecule has 1 aliphatic heterocycles. The molecule has 2 heterocycles. The van der Waals surface area contributed by atoms with Crippen LogP contribution in [0.4, 0.5) is 5.95 Å². The van der Waals surface area contributed by atoms with Gasteiger partial charge in [-0.25, -0.2) is 4.68 Å². The number of aryl methyl sites for hydroxylation is 1. The summed E-state index contributed by atoms with van der Waals surface area (Å²) >= 11 is 0. The Morgan fingerprint density at radius 2 is 2.14 bits per heavy atom. The summed E-state index contributed by atoms with van der Waals surface area (Å²) in [6, 6.07) is 3.27. The number of benzene rings is 1. The average molecular weight is 313 g/mol. The number of nitrogens with one attached hydrogen (secondary N) is 2. The molecule has 0 saturated heterocycles. The van der Waals surface area contributed by atoms with Gasteiger partial charge in [0.15, 0.2) is 11.5 Å². The molecular formula is C12H17ClN6O2. The Hall–Kier alpha value is -2.06. The number of hydrogen-bond donors (Lipinski definition) is 4. The van der Waals surface area contributed by atoms with Crippen molar-refractivity contribution in [2.75, 3.05) is 18.4 Å². The van der Waals surface area contributed by atoms with Gasteiger partial charge in [0.1, 0.15) is 0 Å². The van der Waals surface area contributed by atoms with E-state index in [1.807, 2.05) is 0 Å². The van der Waals surface area contributed by atoms with Crippen molar-refractivity contribution in [3.63, 3.8) is 0 Å². The van der Waals surface area contributed by atoms with Crippen LogP contribution >= 0.6 is 12.4 Å². The first-order valence-corrected chi connectivity index (χ1v) is 6.39. The van der Waals surface area contributed by atoms with Crippen LogP contribution in [0.15, 0.2) is 12.1 Å². The van der Waals surface area contributed by atoms with Crippen molar-refractivity contribution in [3.05, 3.63) is 23.3 Å². The lowest BCUT2D eigenvalue weighted by Crippen LogP contribution is -2.34. The van der Waals surface area contributed by atoms with Gasteiger partial charge in [0.05, 0.1) is 6.04 Å². The van der Waals surface area contributed by atoms with Crippen molar-refractivity contribution in [3.8, 4) is 11.5 Å². The zero-order valence-corrected chi connectivity index (χ0v) is 12.3. The van der Waals surface area contributed by atoms with E-state index in [2.05, 4.69) is 26.2 Å². The first-order chi connectivity index (χ1) is 9.65. The molecule has 0 radical (unpaired) electrons. The maximum atomic E-state index is 9.65. The van der Waals surface area contributed by atoms with Crippen molar-refractivity contribution in [2.45, 2.75) is 12.5 Å². The minimum Gasteiger partial charge on any atom is -0.504 e. The molecule has 2 aromatic rings. The highest BCUT2D eigenvalue weighted by atomic mass is 35.5. The fraction of sp³-hybridized carbons (Fsp3) is 0.417. The Morgan fingerprint density at radius 1 is 1.38 bits per heavy atom. The van der Waals surface area contributed by atoms with Crippen LogP contribution in [0.2, 0.25) is 0 Å². The molecule has 0 amide bonds. The van der Waals surface area contributed by atoms with Gasteiger partial charge in [0.25, 0.3) is 0 Å². The molecule has 9 heteroatoms. The quantitative estimate of drug-likeness (QED) is 0.605. The smallest absolute Gasteiger partial charge is 0.242 e. The van der Waals surface area contributed by atoms with Gasteiger partial charge in [-0.1, -0.05) is 5.10 Å². The number of nitrogens with zero attached hydrogens (tertiary/aromatic N) is 4. The number of hydrogen-bond acceptors (Lipinski definition) is 7. The molecule has 3 rings (SSSR count). The van der Waals surface area contributed by atoms with Crippen LogP contribution in [0, 0.1) is 0 Å². The number of rotatable bonds is 3. The molecule has 1 unspecified atom stereocenters. The van der Waals surface area contributed by atoms with Crippen LogP contribution in [-0.4, -0.2) is 43.5 Å². The number of anilines is 1. The van der Waals surface area contributed by atoms with Crippen molar-refractivity contribution < 1.29 is 10.2 Å². The maximum Gasteiger partial charge on any atom is 0.242 e. The molecule has 8 nitrogen and oxygen atoms in total. The Labute approximate surface area is 127 Å². The number of halogens is 1. The van der Waals surface area contributed by atoms with E-state index in [1.54, 1.807) is 23.9 Å². The SMILES string of the molecule is Cl.Cn1nnnc1NCC1NCCc2cc(O)c(O)cc21. The number of fused-ring (bicyclic) bond motifs is 1. The van der Waals surface area contributed by atoms with Gasteiger partial charge >= 0.3 is 0 Å². The predicted octanol–water partition coefficient (Wildman–Crippen LogP) is 0.342. The van der Waals surface area contributed by atoms with Crippen LogP contribution in [0.5, 0.6) is 11.5 Å². The van der Waals surface area contributed by atoms with Crippen LogP contribution < -0.4 is 10.6 Å². The summed E-state index contributed by atoms with van der Waals surface area (Å²) in [5, 5.41) is 36.9. The Bertz CT molecular complexity index is 632. The highest BCUT2D eigenvalue weighted by Gasteiger charge is 2.22. The van der Waals surface area contributed by atoms with Gasteiger partial charge in [-0.15, -0.1) is 12.4 Å². The summed E-state index contributed by atoms with van der Waals surface area (Å²) < 4.78 is 1.55. The van der Waals surface area contributed by atoms with Gasteiger partial charge in [-0.2, -0.15) is 0 Å². The summed E-state index contributed by atoms with van der Waals surface area (Å²) in [4.78, 5) is 0. The molecule has 1 aliphatic rings. The highest BCUT2D eigenvalue weighted by Crippen LogP contribution is 2.33. The Kier molecular flexibility index (Phi) is 4.49. The highest BCUT2D eigenvalue weighted by molar-refractivity contribution is 5.85. The zero-order chi connectivity index (χ0) is 14.1. The fourth-order valence-electron chi connectivity index (χ4n) is 2.42. The summed E-state index contributed by atoms with van der Waals surface area (Å²) in [5.74, 6) is 0.412. The van der Waals surface area contributed by atoms with Gasteiger partial charge < -0.3 is 20.8 Å². The minimum absolute atomic E-state index is 0. The van der Waals surface area contributed by atoms with Crippen LogP contribution in [0.1, 0.15) is 17.2 Å². The predicted molar refractivity (Wildman–Crippen MR) is 78.8 cm³/mol. The minimum atomic E-state index is -0.0993. The van der Waals surface area contributed by atoms with E-state index in [1.165, 1.54) is 0 Å². The molecule has 1 atom stereocenters. The van der Waals surface area contributed by atoms with Gasteiger partial charge in [0.2, 0.25) is 5.95 Å². The maximum absolute atomic E-state index is 9.65. The standard InChI is InChI=1S/C12H16N6O2.ClH/c1-18-12(15-16-17-18)14-6-9-8-5-11(20)10(19)4-7(8)2-3-13-9;/h4-5,9,13,19-20H,2-3,6H2,1H3,(H,14,15,17);1H. The largest absolute Gasteiger partial charge is 0.504 e. The summed E-state index contributed by atoms with van der Waals surface area (Å²) in [6.07, 6.45) is 0.825. The lowest BCUT2D eigenvalue weighted by Gasteiger charge is -2.27. The topological polar surface area (TPSA) is 108 Å². The van der Waals surface area contributed by atoms with E-state index in [-0.39, 0.29) is 29.9 Å². The van der Waals surface area contributed by atoms with E-state index in [4.69, 9.17) is 0 Å². The van der Waals surface area contributed by atoms with Gasteiger partial charge in [-0.05, 0) is 46.7 Å². The molecule has 0 saturated carbocycles. The summed E-state index contributed by atoms with van der Waals surface area (Å²) in [6.45, 7) is 1.41. The molecular weight excluding hydrogens is 296 g/mol. The molecule has 0 fully saturated rings. The third kappa shape index (κ3) is 3.01. The fourth-order valence-corrected chi connectivity index (χ4v) is 2.42. The van der Waals surface area contributed by atoms with Crippen LogP contribution in [0.3, 0.4) is 0 Å². The van der Waals surface area contributed by atoms with E-state index in [0.29, 0.717) is 12.5 Å². The lowest BCUT2D eigenvalue weighted by molar-refractivity contribution is 0.399. The third-order valence-electron chi connectivity index (χ3n) is 3.48. The first-order valence-electron chi connectivity index (χ1n) is 6.39. The summed E-state index contributed by atoms with van der Waals surface area (Å²) in [5.41, 5.74) is 2.02. The second kappa shape index (κ2) is 6.15. The molecule has 4 N–H and O–H groups in total. The number of tetrazole rings is 1. The normalized spacial score (nSPS) is 16.9. The first kappa shape index (κ1) is 15.3. The third-order valence-corrected chi connectivity index (χ3v) is 3.48. The van der Waals surface area contributed by atoms with Crippen molar-refractivity contribution in [2.24, 2.45) is 7.05 Å². The second-order valence-electron chi connectivity index (χ2n) is 4.80. The molecule has 114 valence electrons. The van der Waals surface area contributed by atoms with E-state index < -0.39 is 0 Å². The van der Waals surface area contributed by atoms with E-state index in [9.17, 15) is 10.2 Å². The number of aromatic nitrogens is 4. The number of aromatic hydroxyl groups is 2. The molecule has 1 aromatic carbocycles. The van der Waals surface area contributed by atoms with Crippen molar-refractivity contribution in [1.82, 2.24) is 25.5 Å². The van der Waals surface area contributed by atoms with Gasteiger partial charge in [-0.3, -0.25) is 0 Å². The second-order valence-corrected chi connectivity index (χ2v) is 4.80. The monoisotopic (exact) mass is 312 g/mol. The number of phenolic OH excluding ortho intramolecular Hbond substituents is 2. The Balaban J connectivity index is 0.00000161. The molecule has 0 spiro atoms. The Morgan fingerprint density at radius 3 is 2.86 bits per heavy atom. The molecule has 21 heavy (non-hydrogen) atoms. The zero-order valence-electron chi connectivity index (χ0n) is 11.4. The van der Waals surface area contributed by atoms with Crippen molar-refractivity contribution in [1.29, 1.82) is 0 Å². The van der Waals surface area contributed by atoms with Crippen LogP contribution in [-0.2, 0) is 13.5 Å². The van der Waals surface area contributed by atoms with Crippen LogP contribution in [0.25, 0.3) is 0 Å². The number of phenols is 2. The van der Waals surface area contributed by atoms with Gasteiger partial charge in [0, 0.05) is 13.6 Å². The average Bonchev–Trinajstić information content (AvgIpc) is 2.83. The summed E-state index contributed by atoms with van der Waals surface area (Å²) in [7, 11) is 1.76.